The Hall–Kier alpha value is -2.01. The Kier molecular flexibility index (Phi) is 5.83. The maximum atomic E-state index is 13.5. The van der Waals surface area contributed by atoms with Gasteiger partial charge in [-0.2, -0.15) is 5.01 Å². The molecule has 1 saturated carbocycles. The number of anilines is 1. The van der Waals surface area contributed by atoms with Crippen molar-refractivity contribution in [2.24, 2.45) is 5.92 Å². The predicted octanol–water partition coefficient (Wildman–Crippen LogP) is 1.46. The Morgan fingerprint density at radius 2 is 2.08 bits per heavy atom. The minimum absolute atomic E-state index is 0.0466. The molecule has 1 spiro atoms. The zero-order valence-corrected chi connectivity index (χ0v) is 21.2. The van der Waals surface area contributed by atoms with Crippen molar-refractivity contribution >= 4 is 11.6 Å². The molecule has 2 bridgehead atoms. The van der Waals surface area contributed by atoms with E-state index in [1.165, 1.54) is 24.9 Å². The molecule has 4 N–H and O–H groups in total. The molecule has 36 heavy (non-hydrogen) atoms. The minimum atomic E-state index is -0.116. The molecular formula is C27H39N7O2. The molecule has 9 heteroatoms. The quantitative estimate of drug-likeness (QED) is 0.461. The molecule has 1 aromatic carbocycles. The summed E-state index contributed by atoms with van der Waals surface area (Å²) in [5.41, 5.74) is 4.51. The van der Waals surface area contributed by atoms with Crippen LogP contribution in [0, 0.1) is 5.92 Å². The second-order valence-corrected chi connectivity index (χ2v) is 11.6. The summed E-state index contributed by atoms with van der Waals surface area (Å²) in [6.45, 7) is 4.15. The van der Waals surface area contributed by atoms with Gasteiger partial charge in [0.2, 0.25) is 5.91 Å². The summed E-state index contributed by atoms with van der Waals surface area (Å²) in [6, 6.07) is 6.90. The van der Waals surface area contributed by atoms with Crippen molar-refractivity contribution in [2.75, 3.05) is 38.6 Å². The summed E-state index contributed by atoms with van der Waals surface area (Å²) >= 11 is 0. The standard InChI is InChI=1S/C27H39N7O2/c1-32-16-18-14-19(8-9-21(18)27(17-32)10-11-27)29-26-28-15-20-24(31-26)34-22-6-5-7-23(30-22)36-13-4-2-3-12-33(34)25(20)35/h2-3,8-9,14,20,22-24,26,28-31H,4-7,10-13,15-17H2,1H3/b3-2-. The molecule has 5 atom stereocenters. The van der Waals surface area contributed by atoms with Crippen molar-refractivity contribution in [1.82, 2.24) is 30.9 Å². The van der Waals surface area contributed by atoms with Crippen molar-refractivity contribution in [3.05, 3.63) is 41.5 Å². The van der Waals surface area contributed by atoms with E-state index in [0.29, 0.717) is 25.1 Å². The predicted molar refractivity (Wildman–Crippen MR) is 137 cm³/mol. The fourth-order valence-electron chi connectivity index (χ4n) is 7.09. The monoisotopic (exact) mass is 493 g/mol. The molecule has 1 aromatic rings. The van der Waals surface area contributed by atoms with E-state index >= 15 is 0 Å². The normalized spacial score (nSPS) is 37.0. The van der Waals surface area contributed by atoms with Crippen LogP contribution >= 0.6 is 0 Å². The molecule has 3 saturated heterocycles. The van der Waals surface area contributed by atoms with Crippen LogP contribution in [0.3, 0.4) is 0 Å². The van der Waals surface area contributed by atoms with Crippen LogP contribution < -0.4 is 21.3 Å². The van der Waals surface area contributed by atoms with Gasteiger partial charge in [0, 0.05) is 30.7 Å². The van der Waals surface area contributed by atoms with Gasteiger partial charge in [0.1, 0.15) is 12.5 Å². The third kappa shape index (κ3) is 4.06. The third-order valence-electron chi connectivity index (χ3n) is 8.94. The van der Waals surface area contributed by atoms with Crippen LogP contribution in [0.5, 0.6) is 0 Å². The van der Waals surface area contributed by atoms with Crippen LogP contribution in [0.1, 0.15) is 49.7 Å². The van der Waals surface area contributed by atoms with Crippen molar-refractivity contribution < 1.29 is 9.53 Å². The van der Waals surface area contributed by atoms with E-state index in [2.05, 4.69) is 68.6 Å². The number of hydrogen-bond donors (Lipinski definition) is 4. The zero-order valence-electron chi connectivity index (χ0n) is 21.2. The summed E-state index contributed by atoms with van der Waals surface area (Å²) in [5, 5.41) is 18.9. The molecule has 4 fully saturated rings. The van der Waals surface area contributed by atoms with E-state index < -0.39 is 0 Å². The van der Waals surface area contributed by atoms with E-state index in [4.69, 9.17) is 4.74 Å². The number of benzene rings is 1. The van der Waals surface area contributed by atoms with Crippen molar-refractivity contribution in [3.63, 3.8) is 0 Å². The first-order valence-corrected chi connectivity index (χ1v) is 13.8. The van der Waals surface area contributed by atoms with Crippen LogP contribution in [0.25, 0.3) is 0 Å². The number of carbonyl (C=O) groups is 1. The smallest absolute Gasteiger partial charge is 0.244 e. The van der Waals surface area contributed by atoms with E-state index in [1.54, 1.807) is 5.56 Å². The number of hydrogen-bond acceptors (Lipinski definition) is 8. The lowest BCUT2D eigenvalue weighted by molar-refractivity contribution is -0.148. The number of likely N-dealkylation sites (N-methyl/N-ethyl adjacent to an activating group) is 1. The van der Waals surface area contributed by atoms with Gasteiger partial charge in [-0.25, -0.2) is 0 Å². The highest BCUT2D eigenvalue weighted by Gasteiger charge is 2.52. The van der Waals surface area contributed by atoms with Gasteiger partial charge >= 0.3 is 0 Å². The third-order valence-corrected chi connectivity index (χ3v) is 8.94. The lowest BCUT2D eigenvalue weighted by atomic mass is 9.87. The molecule has 7 rings (SSSR count). The topological polar surface area (TPSA) is 84.1 Å². The van der Waals surface area contributed by atoms with E-state index in [9.17, 15) is 4.79 Å². The first-order chi connectivity index (χ1) is 17.6. The largest absolute Gasteiger partial charge is 0.363 e. The fourth-order valence-corrected chi connectivity index (χ4v) is 7.09. The molecule has 5 unspecified atom stereocenters. The average molecular weight is 494 g/mol. The lowest BCUT2D eigenvalue weighted by Gasteiger charge is -2.44. The first kappa shape index (κ1) is 23.1. The maximum Gasteiger partial charge on any atom is 0.244 e. The lowest BCUT2D eigenvalue weighted by Crippen LogP contribution is -2.68. The van der Waals surface area contributed by atoms with Crippen molar-refractivity contribution in [2.45, 2.75) is 75.3 Å². The molecule has 0 aromatic heterocycles. The van der Waals surface area contributed by atoms with Gasteiger partial charge in [-0.05, 0) is 68.8 Å². The average Bonchev–Trinajstić information content (AvgIpc) is 3.58. The number of rotatable bonds is 2. The Labute approximate surface area is 213 Å². The van der Waals surface area contributed by atoms with Gasteiger partial charge in [0.25, 0.3) is 0 Å². The number of carbonyl (C=O) groups excluding carboxylic acids is 1. The van der Waals surface area contributed by atoms with Gasteiger partial charge in [-0.3, -0.25) is 25.8 Å². The summed E-state index contributed by atoms with van der Waals surface area (Å²) in [7, 11) is 2.23. The number of amides is 1. The summed E-state index contributed by atoms with van der Waals surface area (Å²) in [4.78, 5) is 15.9. The number of ether oxygens (including phenoxy) is 1. The Morgan fingerprint density at radius 1 is 1.17 bits per heavy atom. The summed E-state index contributed by atoms with van der Waals surface area (Å²) < 4.78 is 6.09. The number of fused-ring (bicyclic) bond motifs is 8. The summed E-state index contributed by atoms with van der Waals surface area (Å²) in [6.07, 6.45) is 10.8. The van der Waals surface area contributed by atoms with Gasteiger partial charge in [-0.1, -0.05) is 18.2 Å². The molecule has 9 nitrogen and oxygen atoms in total. The Morgan fingerprint density at radius 3 is 2.97 bits per heavy atom. The van der Waals surface area contributed by atoms with Crippen LogP contribution in [-0.4, -0.2) is 79.0 Å². The van der Waals surface area contributed by atoms with Gasteiger partial charge in [0.15, 0.2) is 0 Å². The van der Waals surface area contributed by atoms with Gasteiger partial charge in [0.05, 0.1) is 31.4 Å². The van der Waals surface area contributed by atoms with Crippen LogP contribution in [-0.2, 0) is 21.5 Å². The van der Waals surface area contributed by atoms with Crippen molar-refractivity contribution in [1.29, 1.82) is 0 Å². The molecule has 0 radical (unpaired) electrons. The highest BCUT2D eigenvalue weighted by Crippen LogP contribution is 2.52. The highest BCUT2D eigenvalue weighted by molar-refractivity contribution is 5.82. The minimum Gasteiger partial charge on any atom is -0.363 e. The molecule has 6 aliphatic rings. The van der Waals surface area contributed by atoms with Crippen LogP contribution in [0.15, 0.2) is 30.4 Å². The highest BCUT2D eigenvalue weighted by atomic mass is 16.5. The number of nitrogens with zero attached hydrogens (tertiary/aromatic N) is 3. The van der Waals surface area contributed by atoms with E-state index in [1.807, 2.05) is 5.01 Å². The Balaban J connectivity index is 1.11. The second-order valence-electron chi connectivity index (χ2n) is 11.6. The number of piperidine rings is 1. The molecule has 194 valence electrons. The van der Waals surface area contributed by atoms with E-state index in [-0.39, 0.29) is 36.7 Å². The number of nitrogens with one attached hydrogen (secondary N) is 4. The molecule has 5 aliphatic heterocycles. The van der Waals surface area contributed by atoms with Gasteiger partial charge in [-0.15, -0.1) is 0 Å². The molecular weight excluding hydrogens is 454 g/mol. The van der Waals surface area contributed by atoms with Crippen molar-refractivity contribution in [3.8, 4) is 0 Å². The zero-order chi connectivity index (χ0) is 24.3. The van der Waals surface area contributed by atoms with Crippen LogP contribution in [0.2, 0.25) is 0 Å². The summed E-state index contributed by atoms with van der Waals surface area (Å²) in [5.74, 6) is 0.0770. The SMILES string of the molecule is CN1Cc2cc(NC3NCC4C(=O)N5C/C=C\CCOC6CCCC(N6)N5C4N3)ccc2C2(CC2)C1. The second kappa shape index (κ2) is 9.08. The number of hydrazine groups is 1. The fraction of sp³-hybridized carbons (Fsp3) is 0.667. The molecule has 1 amide bonds. The Bertz CT molecular complexity index is 1040. The molecule has 1 aliphatic carbocycles. The first-order valence-electron chi connectivity index (χ1n) is 13.8. The maximum absolute atomic E-state index is 13.5. The van der Waals surface area contributed by atoms with Crippen LogP contribution in [0.4, 0.5) is 5.69 Å². The molecule has 5 heterocycles. The van der Waals surface area contributed by atoms with Gasteiger partial charge < -0.3 is 15.0 Å². The van der Waals surface area contributed by atoms with E-state index in [0.717, 1.165) is 37.9 Å².